The van der Waals surface area contributed by atoms with E-state index in [-0.39, 0.29) is 18.1 Å². The normalized spacial score (nSPS) is 29.9. The van der Waals surface area contributed by atoms with Gasteiger partial charge in [-0.05, 0) is 27.2 Å². The number of aromatic nitrogens is 1. The lowest BCUT2D eigenvalue weighted by molar-refractivity contribution is 0.0271. The zero-order valence-electron chi connectivity index (χ0n) is 10.1. The highest BCUT2D eigenvalue weighted by Crippen LogP contribution is 2.38. The van der Waals surface area contributed by atoms with E-state index in [9.17, 15) is 5.11 Å². The van der Waals surface area contributed by atoms with Gasteiger partial charge in [0.05, 0.1) is 23.4 Å². The van der Waals surface area contributed by atoms with E-state index >= 15 is 0 Å². The Labute approximate surface area is 100 Å². The second-order valence-corrected chi connectivity index (χ2v) is 6.00. The number of rotatable bonds is 3. The van der Waals surface area contributed by atoms with Crippen LogP contribution in [0.25, 0.3) is 0 Å². The number of nitrogens with zero attached hydrogens (tertiary/aromatic N) is 1. The first-order valence-corrected chi connectivity index (χ1v) is 6.54. The minimum atomic E-state index is -0.114. The predicted molar refractivity (Wildman–Crippen MR) is 64.8 cm³/mol. The van der Waals surface area contributed by atoms with Crippen LogP contribution in [0, 0.1) is 19.3 Å². The Kier molecular flexibility index (Phi) is 3.33. The Morgan fingerprint density at radius 3 is 2.75 bits per heavy atom. The van der Waals surface area contributed by atoms with Crippen LogP contribution in [0.5, 0.6) is 0 Å². The van der Waals surface area contributed by atoms with E-state index in [4.69, 9.17) is 4.74 Å². The van der Waals surface area contributed by atoms with Crippen molar-refractivity contribution in [3.63, 3.8) is 0 Å². The summed E-state index contributed by atoms with van der Waals surface area (Å²) in [6.45, 7) is 7.12. The van der Waals surface area contributed by atoms with E-state index < -0.39 is 0 Å². The summed E-state index contributed by atoms with van der Waals surface area (Å²) < 4.78 is 5.59. The van der Waals surface area contributed by atoms with Gasteiger partial charge in [0.25, 0.3) is 0 Å². The third-order valence-electron chi connectivity index (χ3n) is 3.72. The fourth-order valence-electron chi connectivity index (χ4n) is 2.23. The molecule has 2 unspecified atom stereocenters. The van der Waals surface area contributed by atoms with E-state index in [1.807, 2.05) is 6.92 Å². The molecule has 1 fully saturated rings. The second kappa shape index (κ2) is 4.43. The molecule has 1 aliphatic heterocycles. The van der Waals surface area contributed by atoms with Gasteiger partial charge in [0.1, 0.15) is 0 Å². The van der Waals surface area contributed by atoms with E-state index in [0.29, 0.717) is 0 Å². The molecule has 1 N–H and O–H groups in total. The molecule has 2 heterocycles. The number of aliphatic hydroxyl groups excluding tert-OH is 1. The zero-order valence-corrected chi connectivity index (χ0v) is 10.9. The van der Waals surface area contributed by atoms with Crippen molar-refractivity contribution in [1.82, 2.24) is 4.98 Å². The molecule has 2 rings (SSSR count). The summed E-state index contributed by atoms with van der Waals surface area (Å²) in [6, 6.07) is 0. The lowest BCUT2D eigenvalue weighted by atomic mass is 9.79. The molecule has 0 spiro atoms. The molecule has 1 saturated heterocycles. The zero-order chi connectivity index (χ0) is 11.8. The van der Waals surface area contributed by atoms with Crippen LogP contribution in [0.2, 0.25) is 0 Å². The van der Waals surface area contributed by atoms with Gasteiger partial charge in [-0.1, -0.05) is 0 Å². The van der Waals surface area contributed by atoms with Crippen molar-refractivity contribution in [3.05, 3.63) is 15.6 Å². The molecule has 0 bridgehead atoms. The van der Waals surface area contributed by atoms with Crippen molar-refractivity contribution < 1.29 is 9.84 Å². The molecular weight excluding hydrogens is 222 g/mol. The molecule has 16 heavy (non-hydrogen) atoms. The number of hydrogen-bond donors (Lipinski definition) is 1. The topological polar surface area (TPSA) is 42.4 Å². The summed E-state index contributed by atoms with van der Waals surface area (Å²) in [5, 5.41) is 10.7. The van der Waals surface area contributed by atoms with Gasteiger partial charge in [-0.25, -0.2) is 4.98 Å². The smallest absolute Gasteiger partial charge is 0.0938 e. The molecule has 2 atom stereocenters. The quantitative estimate of drug-likeness (QED) is 0.881. The van der Waals surface area contributed by atoms with Crippen LogP contribution < -0.4 is 0 Å². The molecule has 3 nitrogen and oxygen atoms in total. The van der Waals surface area contributed by atoms with Crippen LogP contribution in [0.1, 0.15) is 28.9 Å². The highest BCUT2D eigenvalue weighted by molar-refractivity contribution is 7.11. The Bertz CT molecular complexity index is 358. The van der Waals surface area contributed by atoms with Crippen LogP contribution in [0.15, 0.2) is 0 Å². The van der Waals surface area contributed by atoms with Gasteiger partial charge >= 0.3 is 0 Å². The molecule has 1 aliphatic rings. The minimum Gasteiger partial charge on any atom is -0.396 e. The first kappa shape index (κ1) is 12.0. The van der Waals surface area contributed by atoms with Crippen LogP contribution in [0.3, 0.4) is 0 Å². The molecule has 0 radical (unpaired) electrons. The molecule has 0 aromatic carbocycles. The average molecular weight is 241 g/mol. The molecule has 0 saturated carbocycles. The van der Waals surface area contributed by atoms with E-state index in [1.54, 1.807) is 11.3 Å². The summed E-state index contributed by atoms with van der Waals surface area (Å²) in [6.07, 6.45) is 1.90. The number of thiazole rings is 1. The highest BCUT2D eigenvalue weighted by Gasteiger charge is 2.41. The van der Waals surface area contributed by atoms with Crippen LogP contribution in [-0.2, 0) is 11.2 Å². The van der Waals surface area contributed by atoms with Crippen molar-refractivity contribution in [2.45, 2.75) is 39.7 Å². The maximum atomic E-state index is 9.62. The lowest BCUT2D eigenvalue weighted by Crippen LogP contribution is -2.35. The SMILES string of the molecule is Cc1nc(CC2(CO)CCOC2C)sc1C. The van der Waals surface area contributed by atoms with Crippen molar-refractivity contribution in [3.8, 4) is 0 Å². The van der Waals surface area contributed by atoms with Gasteiger partial charge in [0.15, 0.2) is 0 Å². The van der Waals surface area contributed by atoms with Crippen LogP contribution >= 0.6 is 11.3 Å². The molecule has 0 amide bonds. The Balaban J connectivity index is 2.18. The standard InChI is InChI=1S/C12H19NO2S/c1-8-9(2)16-11(13-8)6-12(7-14)4-5-15-10(12)3/h10,14H,4-7H2,1-3H3. The number of hydrogen-bond acceptors (Lipinski definition) is 4. The fourth-order valence-corrected chi connectivity index (χ4v) is 3.32. The number of ether oxygens (including phenoxy) is 1. The van der Waals surface area contributed by atoms with Gasteiger partial charge in [-0.3, -0.25) is 0 Å². The second-order valence-electron chi connectivity index (χ2n) is 4.71. The molecule has 0 aliphatic carbocycles. The maximum Gasteiger partial charge on any atom is 0.0938 e. The Morgan fingerprint density at radius 1 is 1.56 bits per heavy atom. The highest BCUT2D eigenvalue weighted by atomic mass is 32.1. The largest absolute Gasteiger partial charge is 0.396 e. The molecule has 90 valence electrons. The molecule has 1 aromatic rings. The number of aliphatic hydroxyl groups is 1. The van der Waals surface area contributed by atoms with Crippen LogP contribution in [0.4, 0.5) is 0 Å². The number of aryl methyl sites for hydroxylation is 2. The minimum absolute atomic E-state index is 0.114. The van der Waals surface area contributed by atoms with Gasteiger partial charge in [0, 0.05) is 23.3 Å². The van der Waals surface area contributed by atoms with Crippen LogP contribution in [-0.4, -0.2) is 29.4 Å². The third kappa shape index (κ3) is 2.01. The fraction of sp³-hybridized carbons (Fsp3) is 0.750. The van der Waals surface area contributed by atoms with Crippen molar-refractivity contribution in [1.29, 1.82) is 0 Å². The van der Waals surface area contributed by atoms with Crippen molar-refractivity contribution in [2.24, 2.45) is 5.41 Å². The average Bonchev–Trinajstić information content (AvgIpc) is 2.74. The Hall–Kier alpha value is -0.450. The monoisotopic (exact) mass is 241 g/mol. The summed E-state index contributed by atoms with van der Waals surface area (Å²) in [5.41, 5.74) is 0.996. The van der Waals surface area contributed by atoms with Gasteiger partial charge in [0.2, 0.25) is 0 Å². The van der Waals surface area contributed by atoms with Crippen molar-refractivity contribution >= 4 is 11.3 Å². The van der Waals surface area contributed by atoms with Gasteiger partial charge < -0.3 is 9.84 Å². The van der Waals surface area contributed by atoms with Crippen molar-refractivity contribution in [2.75, 3.05) is 13.2 Å². The summed E-state index contributed by atoms with van der Waals surface area (Å²) in [7, 11) is 0. The molecular formula is C12H19NO2S. The lowest BCUT2D eigenvalue weighted by Gasteiger charge is -2.28. The Morgan fingerprint density at radius 2 is 2.31 bits per heavy atom. The predicted octanol–water partition coefficient (Wildman–Crippen LogP) is 2.09. The summed E-state index contributed by atoms with van der Waals surface area (Å²) >= 11 is 1.74. The molecule has 1 aromatic heterocycles. The summed E-state index contributed by atoms with van der Waals surface area (Å²) in [4.78, 5) is 5.83. The summed E-state index contributed by atoms with van der Waals surface area (Å²) in [5.74, 6) is 0. The first-order chi connectivity index (χ1) is 7.57. The van der Waals surface area contributed by atoms with E-state index in [0.717, 1.165) is 30.2 Å². The van der Waals surface area contributed by atoms with Gasteiger partial charge in [-0.2, -0.15) is 0 Å². The van der Waals surface area contributed by atoms with E-state index in [2.05, 4.69) is 18.8 Å². The first-order valence-electron chi connectivity index (χ1n) is 5.73. The van der Waals surface area contributed by atoms with E-state index in [1.165, 1.54) is 4.88 Å². The molecule has 4 heteroatoms. The van der Waals surface area contributed by atoms with Gasteiger partial charge in [-0.15, -0.1) is 11.3 Å². The maximum absolute atomic E-state index is 9.62. The third-order valence-corrected chi connectivity index (χ3v) is 4.79.